The molecule has 0 radical (unpaired) electrons. The fraction of sp³-hybridized carbons (Fsp3) is 1.00. The Morgan fingerprint density at radius 2 is 1.40 bits per heavy atom. The minimum absolute atomic E-state index is 0.663. The van der Waals surface area contributed by atoms with Gasteiger partial charge in [0.15, 0.2) is 0 Å². The molecule has 0 amide bonds. The van der Waals surface area contributed by atoms with Crippen LogP contribution in [-0.4, -0.2) is 12.6 Å². The van der Waals surface area contributed by atoms with Gasteiger partial charge in [-0.3, -0.25) is 0 Å². The number of rotatable bonds is 5. The Balaban J connectivity index is 1.42. The molecule has 5 rings (SSSR count). The highest BCUT2D eigenvalue weighted by atomic mass is 15.0. The molecular weight excluding hydrogens is 242 g/mol. The normalized spacial score (nSPS) is 45.9. The van der Waals surface area contributed by atoms with Crippen molar-refractivity contribution >= 4 is 0 Å². The number of nitrogens with one attached hydrogen (secondary N) is 1. The van der Waals surface area contributed by atoms with E-state index in [1.807, 2.05) is 0 Å². The minimum atomic E-state index is 0.663. The van der Waals surface area contributed by atoms with Crippen molar-refractivity contribution in [2.45, 2.75) is 78.2 Å². The van der Waals surface area contributed by atoms with Crippen LogP contribution in [0.25, 0.3) is 0 Å². The molecule has 1 atom stereocenters. The van der Waals surface area contributed by atoms with Crippen LogP contribution in [0.3, 0.4) is 0 Å². The van der Waals surface area contributed by atoms with Crippen LogP contribution in [0.5, 0.6) is 0 Å². The topological polar surface area (TPSA) is 12.0 Å². The Bertz CT molecular complexity index is 344. The largest absolute Gasteiger partial charge is 0.313 e. The quantitative estimate of drug-likeness (QED) is 0.772. The summed E-state index contributed by atoms with van der Waals surface area (Å²) in [4.78, 5) is 0. The van der Waals surface area contributed by atoms with Gasteiger partial charge in [0.25, 0.3) is 0 Å². The maximum Gasteiger partial charge on any atom is 0.00957 e. The number of hydrogen-bond acceptors (Lipinski definition) is 1. The van der Waals surface area contributed by atoms with Crippen molar-refractivity contribution in [1.29, 1.82) is 0 Å². The van der Waals surface area contributed by atoms with Crippen LogP contribution in [0.15, 0.2) is 0 Å². The summed E-state index contributed by atoms with van der Waals surface area (Å²) < 4.78 is 0. The van der Waals surface area contributed by atoms with Gasteiger partial charge >= 0.3 is 0 Å². The molecule has 0 aromatic carbocycles. The highest BCUT2D eigenvalue weighted by Crippen LogP contribution is 2.61. The van der Waals surface area contributed by atoms with Gasteiger partial charge in [-0.2, -0.15) is 0 Å². The second-order valence-electron chi connectivity index (χ2n) is 9.40. The summed E-state index contributed by atoms with van der Waals surface area (Å²) in [5, 5.41) is 4.02. The van der Waals surface area contributed by atoms with Crippen LogP contribution >= 0.6 is 0 Å². The highest BCUT2D eigenvalue weighted by Gasteiger charge is 2.53. The molecule has 1 unspecified atom stereocenters. The molecule has 20 heavy (non-hydrogen) atoms. The van der Waals surface area contributed by atoms with E-state index in [1.165, 1.54) is 19.4 Å². The molecule has 1 heteroatoms. The van der Waals surface area contributed by atoms with Gasteiger partial charge in [-0.1, -0.05) is 13.8 Å². The van der Waals surface area contributed by atoms with Crippen LogP contribution in [0, 0.1) is 34.5 Å². The van der Waals surface area contributed by atoms with Gasteiger partial charge in [-0.05, 0) is 92.8 Å². The number of hydrogen-bond donors (Lipinski definition) is 1. The second kappa shape index (κ2) is 4.48. The molecule has 0 aromatic heterocycles. The third-order valence-corrected chi connectivity index (χ3v) is 7.88. The van der Waals surface area contributed by atoms with E-state index >= 15 is 0 Å². The first-order valence-electron chi connectivity index (χ1n) is 9.25. The lowest BCUT2D eigenvalue weighted by Gasteiger charge is -2.59. The van der Waals surface area contributed by atoms with Crippen molar-refractivity contribution in [3.8, 4) is 0 Å². The van der Waals surface area contributed by atoms with E-state index in [4.69, 9.17) is 0 Å². The maximum absolute atomic E-state index is 4.02. The van der Waals surface area contributed by atoms with Crippen LogP contribution in [0.2, 0.25) is 0 Å². The molecule has 0 aromatic rings. The molecule has 0 spiro atoms. The minimum Gasteiger partial charge on any atom is -0.313 e. The standard InChI is InChI=1S/C19H33N/c1-13(2)18(4-5-18)12-20-14(3)19-9-15-6-16(10-19)8-17(7-15)11-19/h13-17,20H,4-12H2,1-3H3. The average molecular weight is 275 g/mol. The molecule has 5 aliphatic carbocycles. The zero-order chi connectivity index (χ0) is 14.0. The van der Waals surface area contributed by atoms with Gasteiger partial charge in [0.05, 0.1) is 0 Å². The lowest BCUT2D eigenvalue weighted by Crippen LogP contribution is -2.55. The lowest BCUT2D eigenvalue weighted by atomic mass is 9.48. The molecule has 0 aliphatic heterocycles. The molecule has 5 aliphatic rings. The van der Waals surface area contributed by atoms with Crippen molar-refractivity contribution in [3.05, 3.63) is 0 Å². The van der Waals surface area contributed by atoms with Crippen LogP contribution in [-0.2, 0) is 0 Å². The molecule has 1 nitrogen and oxygen atoms in total. The van der Waals surface area contributed by atoms with Crippen molar-refractivity contribution < 1.29 is 0 Å². The third kappa shape index (κ3) is 2.07. The SMILES string of the molecule is CC(C)C1(CNC(C)C23CC4CC(CC(C4)C2)C3)CC1. The predicted octanol–water partition coefficient (Wildman–Crippen LogP) is 4.62. The van der Waals surface area contributed by atoms with Crippen molar-refractivity contribution in [3.63, 3.8) is 0 Å². The first-order chi connectivity index (χ1) is 9.51. The van der Waals surface area contributed by atoms with E-state index in [0.29, 0.717) is 10.8 Å². The molecule has 0 heterocycles. The summed E-state index contributed by atoms with van der Waals surface area (Å²) in [7, 11) is 0. The highest BCUT2D eigenvalue weighted by molar-refractivity contribution is 5.06. The maximum atomic E-state index is 4.02. The van der Waals surface area contributed by atoms with Crippen LogP contribution < -0.4 is 5.32 Å². The first kappa shape index (κ1) is 13.6. The lowest BCUT2D eigenvalue weighted by molar-refractivity contribution is -0.0712. The zero-order valence-corrected chi connectivity index (χ0v) is 13.8. The second-order valence-corrected chi connectivity index (χ2v) is 9.40. The van der Waals surface area contributed by atoms with Crippen molar-refractivity contribution in [1.82, 2.24) is 5.32 Å². The van der Waals surface area contributed by atoms with Crippen LogP contribution in [0.4, 0.5) is 0 Å². The summed E-state index contributed by atoms with van der Waals surface area (Å²) in [5.41, 5.74) is 1.35. The monoisotopic (exact) mass is 275 g/mol. The summed E-state index contributed by atoms with van der Waals surface area (Å²) >= 11 is 0. The molecule has 5 fully saturated rings. The Morgan fingerprint density at radius 3 is 1.80 bits per heavy atom. The predicted molar refractivity (Wildman–Crippen MR) is 84.6 cm³/mol. The molecular formula is C19H33N. The molecule has 0 saturated heterocycles. The van der Waals surface area contributed by atoms with Crippen molar-refractivity contribution in [2.24, 2.45) is 34.5 Å². The van der Waals surface area contributed by atoms with Crippen LogP contribution in [0.1, 0.15) is 72.1 Å². The van der Waals surface area contributed by atoms with Gasteiger partial charge < -0.3 is 5.32 Å². The van der Waals surface area contributed by atoms with E-state index in [0.717, 1.165) is 29.7 Å². The summed E-state index contributed by atoms with van der Waals surface area (Å²) in [5.74, 6) is 4.13. The van der Waals surface area contributed by atoms with E-state index < -0.39 is 0 Å². The van der Waals surface area contributed by atoms with Crippen molar-refractivity contribution in [2.75, 3.05) is 6.54 Å². The van der Waals surface area contributed by atoms with Gasteiger partial charge in [0.2, 0.25) is 0 Å². The van der Waals surface area contributed by atoms with E-state index in [2.05, 4.69) is 26.1 Å². The molecule has 1 N–H and O–H groups in total. The summed E-state index contributed by atoms with van der Waals surface area (Å²) in [6, 6.07) is 0.757. The van der Waals surface area contributed by atoms with Gasteiger partial charge in [0.1, 0.15) is 0 Å². The zero-order valence-electron chi connectivity index (χ0n) is 13.8. The Kier molecular flexibility index (Phi) is 3.05. The van der Waals surface area contributed by atoms with Gasteiger partial charge in [0, 0.05) is 12.6 Å². The Morgan fingerprint density at radius 1 is 0.900 bits per heavy atom. The van der Waals surface area contributed by atoms with E-state index in [-0.39, 0.29) is 0 Å². The summed E-state index contributed by atoms with van der Waals surface area (Å²) in [6.07, 6.45) is 12.3. The first-order valence-corrected chi connectivity index (χ1v) is 9.25. The summed E-state index contributed by atoms with van der Waals surface area (Å²) in [6.45, 7) is 8.64. The van der Waals surface area contributed by atoms with E-state index in [9.17, 15) is 0 Å². The third-order valence-electron chi connectivity index (χ3n) is 7.88. The molecule has 5 saturated carbocycles. The van der Waals surface area contributed by atoms with Gasteiger partial charge in [-0.25, -0.2) is 0 Å². The Labute approximate surface area is 125 Å². The fourth-order valence-electron chi connectivity index (χ4n) is 6.40. The molecule has 114 valence electrons. The fourth-order valence-corrected chi connectivity index (χ4v) is 6.40. The average Bonchev–Trinajstić information content (AvgIpc) is 3.15. The smallest absolute Gasteiger partial charge is 0.00957 e. The van der Waals surface area contributed by atoms with E-state index in [1.54, 1.807) is 38.5 Å². The molecule has 4 bridgehead atoms. The van der Waals surface area contributed by atoms with Gasteiger partial charge in [-0.15, -0.1) is 0 Å². The Hall–Kier alpha value is -0.0400.